The first-order valence-corrected chi connectivity index (χ1v) is 13.8. The molecule has 28 heavy (non-hydrogen) atoms. The molecule has 2 atom stereocenters. The first-order chi connectivity index (χ1) is 12.9. The van der Waals surface area contributed by atoms with Crippen LogP contribution < -0.4 is 24.8 Å². The van der Waals surface area contributed by atoms with Gasteiger partial charge in [-0.3, -0.25) is 0 Å². The minimum Gasteiger partial charge on any atom is -1.00 e. The van der Waals surface area contributed by atoms with Gasteiger partial charge in [0.15, 0.2) is 0 Å². The van der Waals surface area contributed by atoms with Crippen LogP contribution in [0, 0.1) is 0 Å². The van der Waals surface area contributed by atoms with E-state index in [2.05, 4.69) is 72.8 Å². The molecule has 0 heterocycles. The van der Waals surface area contributed by atoms with Gasteiger partial charge in [-0.1, -0.05) is 0 Å². The SMILES string of the molecule is C1=C[CH]([Hf+2][CH]2C=Cc3c2ccc2ccccc32)c2cc3c(cc21)CCC3.[Cl-].[Cl-]. The topological polar surface area (TPSA) is 0 Å². The Kier molecular flexibility index (Phi) is 5.71. The van der Waals surface area contributed by atoms with Crippen molar-refractivity contribution in [1.29, 1.82) is 0 Å². The van der Waals surface area contributed by atoms with Gasteiger partial charge in [0.1, 0.15) is 0 Å². The van der Waals surface area contributed by atoms with Gasteiger partial charge in [0.25, 0.3) is 0 Å². The van der Waals surface area contributed by atoms with Crippen molar-refractivity contribution < 1.29 is 47.7 Å². The van der Waals surface area contributed by atoms with Crippen molar-refractivity contribution in [2.24, 2.45) is 0 Å². The van der Waals surface area contributed by atoms with Gasteiger partial charge in [0.05, 0.1) is 0 Å². The van der Waals surface area contributed by atoms with Gasteiger partial charge in [0, 0.05) is 0 Å². The monoisotopic (exact) mass is 570 g/mol. The zero-order chi connectivity index (χ0) is 17.1. The van der Waals surface area contributed by atoms with Gasteiger partial charge in [-0.25, -0.2) is 0 Å². The summed E-state index contributed by atoms with van der Waals surface area (Å²) in [7, 11) is 0. The Labute approximate surface area is 190 Å². The van der Waals surface area contributed by atoms with Gasteiger partial charge >= 0.3 is 167 Å². The Balaban J connectivity index is 0.000000961. The summed E-state index contributed by atoms with van der Waals surface area (Å²) in [5.41, 5.74) is 9.49. The standard InChI is InChI=1S/C13H9.C12H11.2ClH.Hf/c1-2-6-12-10(4-1)8-9-11-5-3-7-13(11)12;1-3-9-7-11-5-2-6-12(11)8-10(9)4-1;;;/h1-9H;1,3-4,7-8H,2,5-6H2;2*1H;/q;;;;+2/p-2. The van der Waals surface area contributed by atoms with E-state index in [4.69, 9.17) is 0 Å². The minimum absolute atomic E-state index is 0. The normalized spacial score (nSPS) is 20.1. The maximum absolute atomic E-state index is 2.56. The van der Waals surface area contributed by atoms with Crippen LogP contribution >= 0.6 is 0 Å². The second-order valence-corrected chi connectivity index (χ2v) is 13.4. The average Bonchev–Trinajstić information content (AvgIpc) is 3.39. The van der Waals surface area contributed by atoms with E-state index in [1.807, 2.05) is 0 Å². The van der Waals surface area contributed by atoms with Crippen molar-refractivity contribution in [1.82, 2.24) is 0 Å². The van der Waals surface area contributed by atoms with E-state index in [1.54, 1.807) is 22.3 Å². The van der Waals surface area contributed by atoms with Crippen LogP contribution in [0.1, 0.15) is 47.2 Å². The fraction of sp³-hybridized carbons (Fsp3) is 0.200. The number of rotatable bonds is 2. The number of halogens is 2. The first-order valence-electron chi connectivity index (χ1n) is 9.67. The van der Waals surface area contributed by atoms with E-state index >= 15 is 0 Å². The molecule has 3 aliphatic carbocycles. The molecule has 3 aliphatic rings. The van der Waals surface area contributed by atoms with E-state index in [0.717, 1.165) is 7.35 Å². The molecule has 0 nitrogen and oxygen atoms in total. The zero-order valence-corrected chi connectivity index (χ0v) is 20.6. The summed E-state index contributed by atoms with van der Waals surface area (Å²) in [5, 5.41) is 2.79. The molecule has 0 radical (unpaired) electrons. The molecule has 0 aliphatic heterocycles. The summed E-state index contributed by atoms with van der Waals surface area (Å²) >= 11 is -0.906. The Bertz CT molecular complexity index is 1110. The smallest absolute Gasteiger partial charge is 1.00 e. The Morgan fingerprint density at radius 1 is 0.750 bits per heavy atom. The number of fused-ring (bicyclic) bond motifs is 5. The van der Waals surface area contributed by atoms with Gasteiger partial charge in [-0.05, 0) is 0 Å². The summed E-state index contributed by atoms with van der Waals surface area (Å²) in [6.45, 7) is 0. The molecule has 0 fully saturated rings. The van der Waals surface area contributed by atoms with Crippen molar-refractivity contribution in [3.05, 3.63) is 94.1 Å². The molecule has 0 aromatic heterocycles. The van der Waals surface area contributed by atoms with Gasteiger partial charge in [0.2, 0.25) is 0 Å². The number of allylic oxidation sites excluding steroid dienone is 2. The fourth-order valence-corrected chi connectivity index (χ4v) is 10.9. The molecular weight excluding hydrogens is 550 g/mol. The van der Waals surface area contributed by atoms with Crippen LogP contribution in [-0.2, 0) is 35.7 Å². The Hall–Kier alpha value is -1.15. The molecule has 3 aromatic carbocycles. The first kappa shape index (κ1) is 20.1. The number of benzene rings is 3. The van der Waals surface area contributed by atoms with Gasteiger partial charge < -0.3 is 24.8 Å². The van der Waals surface area contributed by atoms with E-state index in [-0.39, 0.29) is 24.8 Å². The number of hydrogen-bond acceptors (Lipinski definition) is 0. The molecule has 6 rings (SSSR count). The third-order valence-corrected chi connectivity index (χ3v) is 12.5. The summed E-state index contributed by atoms with van der Waals surface area (Å²) in [6, 6.07) is 18.6. The summed E-state index contributed by atoms with van der Waals surface area (Å²) in [6.07, 6.45) is 13.8. The quantitative estimate of drug-likeness (QED) is 0.389. The van der Waals surface area contributed by atoms with Crippen LogP contribution in [0.15, 0.2) is 60.7 Å². The van der Waals surface area contributed by atoms with E-state index in [1.165, 1.54) is 41.2 Å². The second-order valence-electron chi connectivity index (χ2n) is 7.73. The van der Waals surface area contributed by atoms with Crippen molar-refractivity contribution in [2.75, 3.05) is 0 Å². The molecule has 0 amide bonds. The third kappa shape index (κ3) is 3.16. The largest absolute Gasteiger partial charge is 1.00 e. The molecule has 0 spiro atoms. The molecule has 138 valence electrons. The molecule has 0 saturated carbocycles. The summed E-state index contributed by atoms with van der Waals surface area (Å²) < 4.78 is 1.48. The molecule has 0 bridgehead atoms. The van der Waals surface area contributed by atoms with Gasteiger partial charge in [-0.2, -0.15) is 0 Å². The summed E-state index contributed by atoms with van der Waals surface area (Å²) in [5.74, 6) is 0. The van der Waals surface area contributed by atoms with E-state index in [0.29, 0.717) is 0 Å². The Morgan fingerprint density at radius 3 is 2.39 bits per heavy atom. The molecular formula is C25H20Cl2Hf. The molecule has 0 saturated heterocycles. The van der Waals surface area contributed by atoms with Crippen LogP contribution in [0.25, 0.3) is 22.9 Å². The second kappa shape index (κ2) is 7.94. The molecule has 2 unspecified atom stereocenters. The number of aryl methyl sites for hydroxylation is 2. The molecule has 3 heteroatoms. The third-order valence-electron chi connectivity index (χ3n) is 6.25. The number of hydrogen-bond donors (Lipinski definition) is 0. The van der Waals surface area contributed by atoms with Crippen molar-refractivity contribution in [2.45, 2.75) is 26.6 Å². The maximum atomic E-state index is 2.56. The van der Waals surface area contributed by atoms with Crippen molar-refractivity contribution in [3.8, 4) is 0 Å². The minimum atomic E-state index is -0.906. The van der Waals surface area contributed by atoms with Crippen LogP contribution in [0.2, 0.25) is 0 Å². The average molecular weight is 570 g/mol. The van der Waals surface area contributed by atoms with Crippen LogP contribution in [-0.4, -0.2) is 0 Å². The molecule has 3 aromatic rings. The predicted octanol–water partition coefficient (Wildman–Crippen LogP) is 0.255. The van der Waals surface area contributed by atoms with Crippen LogP contribution in [0.4, 0.5) is 0 Å². The zero-order valence-electron chi connectivity index (χ0n) is 15.5. The molecule has 0 N–H and O–H groups in total. The summed E-state index contributed by atoms with van der Waals surface area (Å²) in [4.78, 5) is 0. The Morgan fingerprint density at radius 2 is 1.50 bits per heavy atom. The van der Waals surface area contributed by atoms with E-state index < -0.39 is 22.9 Å². The van der Waals surface area contributed by atoms with Gasteiger partial charge in [-0.15, -0.1) is 0 Å². The fourth-order valence-electron chi connectivity index (χ4n) is 4.93. The predicted molar refractivity (Wildman–Crippen MR) is 106 cm³/mol. The van der Waals surface area contributed by atoms with Crippen LogP contribution in [0.3, 0.4) is 0 Å². The maximum Gasteiger partial charge on any atom is -1.00 e. The van der Waals surface area contributed by atoms with Crippen molar-refractivity contribution in [3.63, 3.8) is 0 Å². The van der Waals surface area contributed by atoms with E-state index in [9.17, 15) is 0 Å². The van der Waals surface area contributed by atoms with Crippen LogP contribution in [0.5, 0.6) is 0 Å². The van der Waals surface area contributed by atoms with Crippen molar-refractivity contribution >= 4 is 22.9 Å².